The Balaban J connectivity index is 0.000000921. The van der Waals surface area contributed by atoms with E-state index in [1.54, 1.807) is 0 Å². The lowest BCUT2D eigenvalue weighted by Gasteiger charge is -2.08. The van der Waals surface area contributed by atoms with Gasteiger partial charge in [-0.3, -0.25) is 0 Å². The van der Waals surface area contributed by atoms with E-state index in [1.165, 1.54) is 6.07 Å². The molecule has 0 saturated heterocycles. The van der Waals surface area contributed by atoms with Crippen LogP contribution in [-0.4, -0.2) is 4.98 Å². The van der Waals surface area contributed by atoms with Gasteiger partial charge in [-0.15, -0.1) is 0 Å². The van der Waals surface area contributed by atoms with Crippen molar-refractivity contribution < 1.29 is 4.39 Å². The number of hydrogen-bond donors (Lipinski definition) is 1. The van der Waals surface area contributed by atoms with Crippen LogP contribution in [0.4, 0.5) is 10.2 Å². The number of aromatic nitrogens is 1. The van der Waals surface area contributed by atoms with Crippen molar-refractivity contribution in [3.8, 4) is 0 Å². The highest BCUT2D eigenvalue weighted by molar-refractivity contribution is 5.35. The van der Waals surface area contributed by atoms with E-state index in [0.29, 0.717) is 5.92 Å². The molecule has 0 aliphatic heterocycles. The van der Waals surface area contributed by atoms with Crippen molar-refractivity contribution in [3.63, 3.8) is 0 Å². The minimum atomic E-state index is -0.426. The van der Waals surface area contributed by atoms with Crippen LogP contribution in [0.2, 0.25) is 0 Å². The average Bonchev–Trinajstić information content (AvgIpc) is 2.17. The van der Waals surface area contributed by atoms with Gasteiger partial charge in [-0.25, -0.2) is 9.37 Å². The van der Waals surface area contributed by atoms with Crippen LogP contribution in [0.5, 0.6) is 0 Å². The maximum Gasteiger partial charge on any atom is 0.165 e. The largest absolute Gasteiger partial charge is 0.381 e. The molecule has 0 aliphatic rings. The topological polar surface area (TPSA) is 38.9 Å². The highest BCUT2D eigenvalue weighted by Crippen LogP contribution is 2.15. The van der Waals surface area contributed by atoms with E-state index < -0.39 is 5.82 Å². The summed E-state index contributed by atoms with van der Waals surface area (Å²) in [4.78, 5) is 4.02. The van der Waals surface area contributed by atoms with E-state index in [0.717, 1.165) is 17.7 Å². The summed E-state index contributed by atoms with van der Waals surface area (Å²) >= 11 is 0. The molecular formula is C12H21FN2. The SMILES string of the molecule is CC.Cc1cc(F)c(N)nc1CC(C)C. The third-order valence-corrected chi connectivity index (χ3v) is 1.90. The maximum atomic E-state index is 12.9. The molecule has 0 atom stereocenters. The van der Waals surface area contributed by atoms with Crippen molar-refractivity contribution in [3.05, 3.63) is 23.1 Å². The zero-order valence-corrected chi connectivity index (χ0v) is 10.3. The van der Waals surface area contributed by atoms with Gasteiger partial charge in [-0.2, -0.15) is 0 Å². The Morgan fingerprint density at radius 2 is 1.93 bits per heavy atom. The second-order valence-electron chi connectivity index (χ2n) is 3.72. The van der Waals surface area contributed by atoms with Gasteiger partial charge < -0.3 is 5.73 Å². The van der Waals surface area contributed by atoms with Crippen molar-refractivity contribution in [2.24, 2.45) is 5.92 Å². The van der Waals surface area contributed by atoms with E-state index in [2.05, 4.69) is 18.8 Å². The molecule has 0 aliphatic carbocycles. The van der Waals surface area contributed by atoms with E-state index >= 15 is 0 Å². The van der Waals surface area contributed by atoms with Gasteiger partial charge >= 0.3 is 0 Å². The molecule has 2 nitrogen and oxygen atoms in total. The number of pyridine rings is 1. The molecule has 1 heterocycles. The van der Waals surface area contributed by atoms with E-state index in [1.807, 2.05) is 20.8 Å². The molecule has 1 aromatic heterocycles. The monoisotopic (exact) mass is 212 g/mol. The molecule has 0 amide bonds. The fourth-order valence-corrected chi connectivity index (χ4v) is 1.23. The first kappa shape index (κ1) is 13.9. The summed E-state index contributed by atoms with van der Waals surface area (Å²) in [5.41, 5.74) is 7.15. The van der Waals surface area contributed by atoms with Crippen molar-refractivity contribution >= 4 is 5.82 Å². The molecular weight excluding hydrogens is 191 g/mol. The highest BCUT2D eigenvalue weighted by Gasteiger charge is 2.07. The molecule has 0 fully saturated rings. The zero-order chi connectivity index (χ0) is 12.0. The van der Waals surface area contributed by atoms with Crippen LogP contribution in [0.25, 0.3) is 0 Å². The third kappa shape index (κ3) is 4.28. The number of halogens is 1. The lowest BCUT2D eigenvalue weighted by atomic mass is 10.0. The quantitative estimate of drug-likeness (QED) is 0.816. The summed E-state index contributed by atoms with van der Waals surface area (Å²) in [7, 11) is 0. The Labute approximate surface area is 91.7 Å². The molecule has 2 N–H and O–H groups in total. The van der Waals surface area contributed by atoms with Crippen LogP contribution in [0.3, 0.4) is 0 Å². The summed E-state index contributed by atoms with van der Waals surface area (Å²) in [5, 5.41) is 0. The summed E-state index contributed by atoms with van der Waals surface area (Å²) < 4.78 is 12.9. The summed E-state index contributed by atoms with van der Waals surface area (Å²) in [6.45, 7) is 10.1. The first-order valence-electron chi connectivity index (χ1n) is 5.42. The molecule has 0 saturated carbocycles. The van der Waals surface area contributed by atoms with Crippen LogP contribution in [0.15, 0.2) is 6.07 Å². The number of nitrogens with zero attached hydrogens (tertiary/aromatic N) is 1. The minimum Gasteiger partial charge on any atom is -0.381 e. The first-order valence-corrected chi connectivity index (χ1v) is 5.42. The second-order valence-corrected chi connectivity index (χ2v) is 3.72. The van der Waals surface area contributed by atoms with Crippen LogP contribution in [-0.2, 0) is 6.42 Å². The first-order chi connectivity index (χ1) is 7.00. The van der Waals surface area contributed by atoms with Gasteiger partial charge in [0.2, 0.25) is 0 Å². The Morgan fingerprint density at radius 1 is 1.40 bits per heavy atom. The van der Waals surface area contributed by atoms with E-state index in [-0.39, 0.29) is 5.82 Å². The fraction of sp³-hybridized carbons (Fsp3) is 0.583. The maximum absolute atomic E-state index is 12.9. The van der Waals surface area contributed by atoms with Crippen LogP contribution < -0.4 is 5.73 Å². The highest BCUT2D eigenvalue weighted by atomic mass is 19.1. The molecule has 0 bridgehead atoms. The minimum absolute atomic E-state index is 0.00116. The summed E-state index contributed by atoms with van der Waals surface area (Å²) in [5.74, 6) is 0.0855. The normalized spacial score (nSPS) is 9.80. The average molecular weight is 212 g/mol. The van der Waals surface area contributed by atoms with Crippen LogP contribution in [0.1, 0.15) is 39.0 Å². The molecule has 0 radical (unpaired) electrons. The predicted octanol–water partition coefficient (Wildman–Crippen LogP) is 3.34. The standard InChI is InChI=1S/C10H15FN2.C2H6/c1-6(2)4-9-7(3)5-8(11)10(12)13-9;1-2/h5-6H,4H2,1-3H3,(H2,12,13);1-2H3. The van der Waals surface area contributed by atoms with Gasteiger partial charge in [-0.05, 0) is 30.9 Å². The smallest absolute Gasteiger partial charge is 0.165 e. The second kappa shape index (κ2) is 6.38. The number of nitrogens with two attached hydrogens (primary N) is 1. The van der Waals surface area contributed by atoms with Crippen LogP contribution >= 0.6 is 0 Å². The number of aryl methyl sites for hydroxylation is 1. The van der Waals surface area contributed by atoms with Gasteiger partial charge in [0.25, 0.3) is 0 Å². The van der Waals surface area contributed by atoms with Gasteiger partial charge in [0.1, 0.15) is 0 Å². The lowest BCUT2D eigenvalue weighted by molar-refractivity contribution is 0.607. The van der Waals surface area contributed by atoms with E-state index in [4.69, 9.17) is 5.73 Å². The number of nitrogen functional groups attached to an aromatic ring is 1. The Bertz CT molecular complexity index is 309. The Hall–Kier alpha value is -1.12. The van der Waals surface area contributed by atoms with Gasteiger partial charge in [0, 0.05) is 5.69 Å². The number of hydrogen-bond acceptors (Lipinski definition) is 2. The van der Waals surface area contributed by atoms with Gasteiger partial charge in [0.05, 0.1) is 0 Å². The number of rotatable bonds is 2. The van der Waals surface area contributed by atoms with Crippen molar-refractivity contribution in [2.75, 3.05) is 5.73 Å². The van der Waals surface area contributed by atoms with Crippen molar-refractivity contribution in [2.45, 2.75) is 41.0 Å². The molecule has 86 valence electrons. The fourth-order valence-electron chi connectivity index (χ4n) is 1.23. The van der Waals surface area contributed by atoms with E-state index in [9.17, 15) is 4.39 Å². The Morgan fingerprint density at radius 3 is 2.40 bits per heavy atom. The molecule has 0 aromatic carbocycles. The number of anilines is 1. The predicted molar refractivity (Wildman–Crippen MR) is 63.2 cm³/mol. The van der Waals surface area contributed by atoms with Gasteiger partial charge in [0.15, 0.2) is 11.6 Å². The molecule has 15 heavy (non-hydrogen) atoms. The third-order valence-electron chi connectivity index (χ3n) is 1.90. The van der Waals surface area contributed by atoms with Crippen molar-refractivity contribution in [1.29, 1.82) is 0 Å². The molecule has 1 aromatic rings. The van der Waals surface area contributed by atoms with Gasteiger partial charge in [-0.1, -0.05) is 27.7 Å². The zero-order valence-electron chi connectivity index (χ0n) is 10.3. The molecule has 3 heteroatoms. The lowest BCUT2D eigenvalue weighted by Crippen LogP contribution is -2.05. The summed E-state index contributed by atoms with van der Waals surface area (Å²) in [6.07, 6.45) is 0.844. The Kier molecular flexibility index (Phi) is 5.90. The molecule has 0 spiro atoms. The van der Waals surface area contributed by atoms with Crippen LogP contribution in [0, 0.1) is 18.7 Å². The molecule has 1 rings (SSSR count). The molecule has 0 unspecified atom stereocenters. The summed E-state index contributed by atoms with van der Waals surface area (Å²) in [6, 6.07) is 1.44. The van der Waals surface area contributed by atoms with Crippen molar-refractivity contribution in [1.82, 2.24) is 4.98 Å².